The quantitative estimate of drug-likeness (QED) is 0.717. The van der Waals surface area contributed by atoms with E-state index in [-0.39, 0.29) is 11.9 Å². The van der Waals surface area contributed by atoms with Gasteiger partial charge in [0.1, 0.15) is 6.04 Å². The van der Waals surface area contributed by atoms with E-state index < -0.39 is 12.1 Å². The van der Waals surface area contributed by atoms with Gasteiger partial charge in [0.25, 0.3) is 5.95 Å². The van der Waals surface area contributed by atoms with E-state index in [4.69, 9.17) is 0 Å². The van der Waals surface area contributed by atoms with Gasteiger partial charge in [-0.05, 0) is 18.6 Å². The van der Waals surface area contributed by atoms with E-state index >= 15 is 0 Å². The van der Waals surface area contributed by atoms with Gasteiger partial charge in [-0.25, -0.2) is 9.31 Å². The van der Waals surface area contributed by atoms with Gasteiger partial charge in [-0.1, -0.05) is 6.07 Å². The van der Waals surface area contributed by atoms with Crippen LogP contribution >= 0.6 is 0 Å². The van der Waals surface area contributed by atoms with Crippen molar-refractivity contribution in [3.8, 4) is 0 Å². The Hall–Kier alpha value is -3.43. The Morgan fingerprint density at radius 2 is 2.24 bits per heavy atom. The number of fused-ring (bicyclic) bond motifs is 1. The molecule has 2 N–H and O–H groups in total. The molecule has 0 spiro atoms. The zero-order valence-corrected chi connectivity index (χ0v) is 13.5. The molecule has 3 aromatic heterocycles. The molecule has 0 saturated carbocycles. The number of anilines is 2. The Labute approximate surface area is 142 Å². The fourth-order valence-electron chi connectivity index (χ4n) is 2.80. The number of hydrogen-bond donors (Lipinski definition) is 2. The minimum Gasteiger partial charge on any atom is -0.326 e. The molecule has 0 aromatic carbocycles. The lowest BCUT2D eigenvalue weighted by atomic mass is 10.2. The molecule has 25 heavy (non-hydrogen) atoms. The number of rotatable bonds is 3. The minimum atomic E-state index is -0.586. The molecular formula is C15H16N8O2. The second-order valence-electron chi connectivity index (χ2n) is 5.74. The first kappa shape index (κ1) is 15.1. The van der Waals surface area contributed by atoms with Gasteiger partial charge >= 0.3 is 6.03 Å². The average molecular weight is 340 g/mol. The van der Waals surface area contributed by atoms with Crippen LogP contribution in [0.15, 0.2) is 36.8 Å². The summed E-state index contributed by atoms with van der Waals surface area (Å²) < 4.78 is 3.19. The van der Waals surface area contributed by atoms with Crippen LogP contribution < -0.4 is 15.5 Å². The third-order valence-corrected chi connectivity index (χ3v) is 3.98. The molecule has 1 aliphatic heterocycles. The Morgan fingerprint density at radius 3 is 3.00 bits per heavy atom. The molecule has 3 aromatic rings. The van der Waals surface area contributed by atoms with E-state index in [1.165, 1.54) is 0 Å². The smallest absolute Gasteiger partial charge is 0.322 e. The van der Waals surface area contributed by atoms with Gasteiger partial charge in [-0.2, -0.15) is 10.1 Å². The van der Waals surface area contributed by atoms with E-state index in [1.807, 2.05) is 12.1 Å². The van der Waals surface area contributed by atoms with E-state index in [0.29, 0.717) is 18.6 Å². The normalized spacial score (nSPS) is 17.2. The monoisotopic (exact) mass is 340 g/mol. The van der Waals surface area contributed by atoms with Gasteiger partial charge in [0.15, 0.2) is 5.65 Å². The maximum atomic E-state index is 12.5. The SMILES string of the molecule is Cn1cc(N2CCC(NC(=O)Nc3nc4ccccn4n3)C2=O)cn1. The minimum absolute atomic E-state index is 0.161. The number of carbonyl (C=O) groups excluding carboxylic acids is 2. The first-order chi connectivity index (χ1) is 12.1. The molecule has 1 aliphatic rings. The molecule has 4 heterocycles. The van der Waals surface area contributed by atoms with Crippen LogP contribution in [0.25, 0.3) is 5.65 Å². The van der Waals surface area contributed by atoms with E-state index in [1.54, 1.807) is 45.8 Å². The van der Waals surface area contributed by atoms with E-state index in [9.17, 15) is 9.59 Å². The first-order valence-corrected chi connectivity index (χ1v) is 7.79. The van der Waals surface area contributed by atoms with Crippen LogP contribution in [0, 0.1) is 0 Å². The van der Waals surface area contributed by atoms with Crippen LogP contribution in [0.2, 0.25) is 0 Å². The maximum absolute atomic E-state index is 12.5. The molecule has 128 valence electrons. The summed E-state index contributed by atoms with van der Waals surface area (Å²) in [4.78, 5) is 30.4. The number of pyridine rings is 1. The Balaban J connectivity index is 1.40. The summed E-state index contributed by atoms with van der Waals surface area (Å²) in [7, 11) is 1.79. The van der Waals surface area contributed by atoms with Crippen molar-refractivity contribution < 1.29 is 9.59 Å². The van der Waals surface area contributed by atoms with Crippen LogP contribution in [-0.2, 0) is 11.8 Å². The number of amides is 3. The number of hydrogen-bond acceptors (Lipinski definition) is 5. The van der Waals surface area contributed by atoms with Crippen molar-refractivity contribution in [1.29, 1.82) is 0 Å². The second-order valence-corrected chi connectivity index (χ2v) is 5.74. The number of aryl methyl sites for hydroxylation is 1. The topological polar surface area (TPSA) is 109 Å². The Bertz CT molecular complexity index is 913. The fraction of sp³-hybridized carbons (Fsp3) is 0.267. The molecular weight excluding hydrogens is 324 g/mol. The lowest BCUT2D eigenvalue weighted by molar-refractivity contribution is -0.118. The van der Waals surface area contributed by atoms with Crippen molar-refractivity contribution in [3.05, 3.63) is 36.8 Å². The van der Waals surface area contributed by atoms with Crippen molar-refractivity contribution >= 4 is 29.2 Å². The highest BCUT2D eigenvalue weighted by Crippen LogP contribution is 2.20. The number of nitrogens with zero attached hydrogens (tertiary/aromatic N) is 6. The van der Waals surface area contributed by atoms with Crippen molar-refractivity contribution in [1.82, 2.24) is 29.7 Å². The predicted molar refractivity (Wildman–Crippen MR) is 89.1 cm³/mol. The Morgan fingerprint density at radius 1 is 1.36 bits per heavy atom. The Kier molecular flexibility index (Phi) is 3.56. The van der Waals surface area contributed by atoms with Gasteiger partial charge in [0, 0.05) is 26.0 Å². The highest BCUT2D eigenvalue weighted by Gasteiger charge is 2.34. The van der Waals surface area contributed by atoms with Gasteiger partial charge in [-0.3, -0.25) is 14.8 Å². The second kappa shape index (κ2) is 5.89. The molecule has 0 bridgehead atoms. The molecule has 10 heteroatoms. The van der Waals surface area contributed by atoms with Gasteiger partial charge < -0.3 is 10.2 Å². The summed E-state index contributed by atoms with van der Waals surface area (Å²) in [6.07, 6.45) is 5.65. The summed E-state index contributed by atoms with van der Waals surface area (Å²) in [6.45, 7) is 0.530. The van der Waals surface area contributed by atoms with Crippen LogP contribution in [0.5, 0.6) is 0 Å². The molecule has 4 rings (SSSR count). The standard InChI is InChI=1S/C15H16N8O2/c1-21-9-10(8-16-21)22-7-5-11(13(22)24)17-15(25)19-14-18-12-4-2-3-6-23(12)20-14/h2-4,6,8-9,11H,5,7H2,1H3,(H2,17,19,20,25). The summed E-state index contributed by atoms with van der Waals surface area (Å²) in [5, 5.41) is 13.4. The van der Waals surface area contributed by atoms with E-state index in [2.05, 4.69) is 25.8 Å². The largest absolute Gasteiger partial charge is 0.326 e. The van der Waals surface area contributed by atoms with Crippen LogP contribution in [0.1, 0.15) is 6.42 Å². The predicted octanol–water partition coefficient (Wildman–Crippen LogP) is 0.390. The zero-order chi connectivity index (χ0) is 17.4. The molecule has 0 radical (unpaired) electrons. The zero-order valence-electron chi connectivity index (χ0n) is 13.5. The third kappa shape index (κ3) is 2.89. The maximum Gasteiger partial charge on any atom is 0.322 e. The van der Waals surface area contributed by atoms with Crippen LogP contribution in [-0.4, -0.2) is 48.9 Å². The molecule has 1 unspecified atom stereocenters. The first-order valence-electron chi connectivity index (χ1n) is 7.79. The van der Waals surface area contributed by atoms with Crippen LogP contribution in [0.3, 0.4) is 0 Å². The number of aromatic nitrogens is 5. The van der Waals surface area contributed by atoms with Crippen molar-refractivity contribution in [2.45, 2.75) is 12.5 Å². The van der Waals surface area contributed by atoms with E-state index in [0.717, 1.165) is 5.69 Å². The lowest BCUT2D eigenvalue weighted by Gasteiger charge is -2.14. The average Bonchev–Trinajstić information content (AvgIpc) is 3.27. The molecule has 10 nitrogen and oxygen atoms in total. The van der Waals surface area contributed by atoms with Gasteiger partial charge in [0.05, 0.1) is 11.9 Å². The number of carbonyl (C=O) groups is 2. The van der Waals surface area contributed by atoms with Gasteiger partial charge in [-0.15, -0.1) is 5.10 Å². The summed E-state index contributed by atoms with van der Waals surface area (Å²) in [5.41, 5.74) is 1.34. The molecule has 1 atom stereocenters. The fourth-order valence-corrected chi connectivity index (χ4v) is 2.80. The van der Waals surface area contributed by atoms with Crippen molar-refractivity contribution in [2.24, 2.45) is 7.05 Å². The third-order valence-electron chi connectivity index (χ3n) is 3.98. The van der Waals surface area contributed by atoms with Crippen molar-refractivity contribution in [3.63, 3.8) is 0 Å². The summed E-state index contributed by atoms with van der Waals surface area (Å²) >= 11 is 0. The molecule has 0 aliphatic carbocycles. The molecule has 1 fully saturated rings. The van der Waals surface area contributed by atoms with Crippen LogP contribution in [0.4, 0.5) is 16.4 Å². The van der Waals surface area contributed by atoms with Gasteiger partial charge in [0.2, 0.25) is 5.91 Å². The number of urea groups is 1. The summed E-state index contributed by atoms with van der Waals surface area (Å²) in [6, 6.07) is 4.33. The highest BCUT2D eigenvalue weighted by molar-refractivity contribution is 6.02. The number of nitrogens with one attached hydrogen (secondary N) is 2. The van der Waals surface area contributed by atoms with Crippen molar-refractivity contribution in [2.75, 3.05) is 16.8 Å². The molecule has 3 amide bonds. The molecule has 1 saturated heterocycles. The summed E-state index contributed by atoms with van der Waals surface area (Å²) in [5.74, 6) is 0.0179. The lowest BCUT2D eigenvalue weighted by Crippen LogP contribution is -2.43. The highest BCUT2D eigenvalue weighted by atomic mass is 16.2.